The van der Waals surface area contributed by atoms with Gasteiger partial charge in [-0.2, -0.15) is 4.68 Å². The second kappa shape index (κ2) is 6.65. The number of nitrogens with one attached hydrogen (secondary N) is 1. The number of thiocarbonyl (C=S) groups is 1. The van der Waals surface area contributed by atoms with Crippen LogP contribution in [0.2, 0.25) is 5.02 Å². The Bertz CT molecular complexity index is 903. The first-order valence-electron chi connectivity index (χ1n) is 7.19. The van der Waals surface area contributed by atoms with Gasteiger partial charge < -0.3 is 19.8 Å². The molecule has 11 heteroatoms. The van der Waals surface area contributed by atoms with Gasteiger partial charge in [0.1, 0.15) is 23.8 Å². The SMILES string of the molecule is CCN1C(=O)C(=Cc2ccc(Cn3cc(Cl)c([N+](=O)[O-])n3)o2)NC1=S. The van der Waals surface area contributed by atoms with Crippen molar-refractivity contribution in [3.63, 3.8) is 0 Å². The van der Waals surface area contributed by atoms with Crippen molar-refractivity contribution in [2.75, 3.05) is 6.54 Å². The van der Waals surface area contributed by atoms with Crippen LogP contribution >= 0.6 is 23.8 Å². The van der Waals surface area contributed by atoms with Crippen LogP contribution in [0.15, 0.2) is 28.4 Å². The van der Waals surface area contributed by atoms with E-state index in [9.17, 15) is 14.9 Å². The molecule has 1 amide bonds. The number of hydrogen-bond donors (Lipinski definition) is 1. The quantitative estimate of drug-likeness (QED) is 0.366. The van der Waals surface area contributed by atoms with Crippen molar-refractivity contribution >= 4 is 46.7 Å². The Morgan fingerprint density at radius 3 is 2.88 bits per heavy atom. The summed E-state index contributed by atoms with van der Waals surface area (Å²) >= 11 is 10.8. The summed E-state index contributed by atoms with van der Waals surface area (Å²) in [6, 6.07) is 3.36. The van der Waals surface area contributed by atoms with Crippen molar-refractivity contribution in [2.24, 2.45) is 0 Å². The number of amides is 1. The Morgan fingerprint density at radius 2 is 2.28 bits per heavy atom. The molecule has 9 nitrogen and oxygen atoms in total. The zero-order valence-electron chi connectivity index (χ0n) is 12.9. The second-order valence-corrected chi connectivity index (χ2v) is 5.89. The van der Waals surface area contributed by atoms with E-state index < -0.39 is 10.7 Å². The lowest BCUT2D eigenvalue weighted by Crippen LogP contribution is -2.30. The van der Waals surface area contributed by atoms with E-state index in [1.54, 1.807) is 18.2 Å². The van der Waals surface area contributed by atoms with E-state index >= 15 is 0 Å². The fourth-order valence-electron chi connectivity index (χ4n) is 2.31. The van der Waals surface area contributed by atoms with Gasteiger partial charge in [0.25, 0.3) is 5.91 Å². The highest BCUT2D eigenvalue weighted by atomic mass is 35.5. The summed E-state index contributed by atoms with van der Waals surface area (Å²) in [6.45, 7) is 2.47. The summed E-state index contributed by atoms with van der Waals surface area (Å²) < 4.78 is 6.92. The van der Waals surface area contributed by atoms with Crippen molar-refractivity contribution in [1.29, 1.82) is 0 Å². The Morgan fingerprint density at radius 1 is 1.52 bits per heavy atom. The Kier molecular flexibility index (Phi) is 4.55. The molecule has 1 aliphatic heterocycles. The number of hydrogen-bond acceptors (Lipinski definition) is 6. The van der Waals surface area contributed by atoms with Crippen LogP contribution < -0.4 is 5.32 Å². The lowest BCUT2D eigenvalue weighted by molar-refractivity contribution is -0.389. The first kappa shape index (κ1) is 17.1. The molecule has 0 atom stereocenters. The third-order valence-corrected chi connectivity index (χ3v) is 4.03. The molecule has 0 aliphatic carbocycles. The molecular formula is C14H12ClN5O4S. The van der Waals surface area contributed by atoms with Crippen molar-refractivity contribution in [1.82, 2.24) is 20.0 Å². The predicted octanol–water partition coefficient (Wildman–Crippen LogP) is 2.16. The number of nitrogens with zero attached hydrogens (tertiary/aromatic N) is 4. The van der Waals surface area contributed by atoms with Crippen LogP contribution in [0.1, 0.15) is 18.4 Å². The van der Waals surface area contributed by atoms with Crippen molar-refractivity contribution < 1.29 is 14.1 Å². The van der Waals surface area contributed by atoms with Crippen molar-refractivity contribution in [2.45, 2.75) is 13.5 Å². The number of carbonyl (C=O) groups excluding carboxylic acids is 1. The molecule has 1 fully saturated rings. The fourth-order valence-corrected chi connectivity index (χ4v) is 2.85. The van der Waals surface area contributed by atoms with Crippen LogP contribution in [0.5, 0.6) is 0 Å². The minimum atomic E-state index is -0.656. The molecule has 2 aromatic heterocycles. The van der Waals surface area contributed by atoms with Crippen LogP contribution in [0.25, 0.3) is 6.08 Å². The molecule has 0 bridgehead atoms. The molecule has 0 unspecified atom stereocenters. The number of nitro groups is 1. The molecule has 0 radical (unpaired) electrons. The molecule has 25 heavy (non-hydrogen) atoms. The summed E-state index contributed by atoms with van der Waals surface area (Å²) in [5.74, 6) is 0.310. The number of rotatable bonds is 5. The van der Waals surface area contributed by atoms with Crippen LogP contribution in [0.4, 0.5) is 5.82 Å². The van der Waals surface area contributed by atoms with Crippen LogP contribution in [-0.4, -0.2) is 37.2 Å². The fraction of sp³-hybridized carbons (Fsp3) is 0.214. The summed E-state index contributed by atoms with van der Waals surface area (Å²) in [5, 5.41) is 17.7. The standard InChI is InChI=1S/C14H12ClN5O4S/c1-2-19-13(21)11(16-14(19)25)5-8-3-4-9(24-8)6-18-7-10(15)12(17-18)20(22)23/h3-5,7H,2,6H2,1H3,(H,16,25). The summed E-state index contributed by atoms with van der Waals surface area (Å²) in [6.07, 6.45) is 2.90. The highest BCUT2D eigenvalue weighted by Crippen LogP contribution is 2.22. The zero-order chi connectivity index (χ0) is 18.1. The first-order chi connectivity index (χ1) is 11.9. The molecule has 0 spiro atoms. The average Bonchev–Trinajstić information content (AvgIpc) is 3.20. The van der Waals surface area contributed by atoms with E-state index in [2.05, 4.69) is 10.4 Å². The maximum absolute atomic E-state index is 12.1. The highest BCUT2D eigenvalue weighted by molar-refractivity contribution is 7.80. The molecule has 130 valence electrons. The predicted molar refractivity (Wildman–Crippen MR) is 92.8 cm³/mol. The van der Waals surface area contributed by atoms with Gasteiger partial charge in [0.05, 0.1) is 11.3 Å². The molecule has 3 heterocycles. The van der Waals surface area contributed by atoms with E-state index in [-0.39, 0.29) is 17.5 Å². The first-order valence-corrected chi connectivity index (χ1v) is 7.98. The van der Waals surface area contributed by atoms with Crippen LogP contribution in [0, 0.1) is 10.1 Å². The minimum Gasteiger partial charge on any atom is -0.460 e. The van der Waals surface area contributed by atoms with E-state index in [1.165, 1.54) is 15.8 Å². The summed E-state index contributed by atoms with van der Waals surface area (Å²) in [7, 11) is 0. The Labute approximate surface area is 152 Å². The number of likely N-dealkylation sites (N-methyl/N-ethyl adjacent to an activating group) is 1. The molecule has 1 aliphatic rings. The van der Waals surface area contributed by atoms with E-state index in [0.717, 1.165) is 0 Å². The van der Waals surface area contributed by atoms with Crippen molar-refractivity contribution in [3.05, 3.63) is 50.7 Å². The maximum atomic E-state index is 12.1. The Balaban J connectivity index is 1.76. The van der Waals surface area contributed by atoms with Gasteiger partial charge in [0.2, 0.25) is 0 Å². The van der Waals surface area contributed by atoms with Gasteiger partial charge in [-0.3, -0.25) is 9.69 Å². The van der Waals surface area contributed by atoms with Crippen LogP contribution in [-0.2, 0) is 11.3 Å². The third-order valence-electron chi connectivity index (χ3n) is 3.44. The smallest absolute Gasteiger partial charge is 0.408 e. The highest BCUT2D eigenvalue weighted by Gasteiger charge is 2.29. The molecule has 1 N–H and O–H groups in total. The van der Waals surface area contributed by atoms with E-state index in [0.29, 0.717) is 28.9 Å². The lowest BCUT2D eigenvalue weighted by Gasteiger charge is -2.08. The lowest BCUT2D eigenvalue weighted by atomic mass is 10.3. The summed E-state index contributed by atoms with van der Waals surface area (Å²) in [5.41, 5.74) is 0.325. The number of furan rings is 1. The van der Waals surface area contributed by atoms with Gasteiger partial charge in [-0.25, -0.2) is 0 Å². The van der Waals surface area contributed by atoms with Gasteiger partial charge in [-0.05, 0) is 36.2 Å². The van der Waals surface area contributed by atoms with Gasteiger partial charge >= 0.3 is 5.82 Å². The zero-order valence-corrected chi connectivity index (χ0v) is 14.5. The summed E-state index contributed by atoms with van der Waals surface area (Å²) in [4.78, 5) is 23.7. The topological polar surface area (TPSA) is 106 Å². The molecular weight excluding hydrogens is 370 g/mol. The Hall–Kier alpha value is -2.72. The van der Waals surface area contributed by atoms with Gasteiger partial charge in [-0.1, -0.05) is 11.6 Å². The van der Waals surface area contributed by atoms with E-state index in [4.69, 9.17) is 28.2 Å². The second-order valence-electron chi connectivity index (χ2n) is 5.10. The average molecular weight is 382 g/mol. The molecule has 0 saturated carbocycles. The molecule has 3 rings (SSSR count). The normalized spacial score (nSPS) is 15.9. The number of aromatic nitrogens is 2. The number of halogens is 1. The third kappa shape index (κ3) is 3.39. The van der Waals surface area contributed by atoms with Gasteiger partial charge in [0, 0.05) is 12.6 Å². The van der Waals surface area contributed by atoms with Gasteiger partial charge in [-0.15, -0.1) is 0 Å². The molecule has 1 saturated heterocycles. The van der Waals surface area contributed by atoms with Crippen LogP contribution in [0.3, 0.4) is 0 Å². The van der Waals surface area contributed by atoms with Gasteiger partial charge in [0.15, 0.2) is 10.1 Å². The maximum Gasteiger partial charge on any atom is 0.408 e. The number of carbonyl (C=O) groups is 1. The largest absolute Gasteiger partial charge is 0.460 e. The minimum absolute atomic E-state index is 0.0483. The van der Waals surface area contributed by atoms with E-state index in [1.807, 2.05) is 6.92 Å². The molecule has 0 aromatic carbocycles. The van der Waals surface area contributed by atoms with Crippen molar-refractivity contribution in [3.8, 4) is 0 Å². The molecule has 2 aromatic rings. The monoisotopic (exact) mass is 381 g/mol.